The summed E-state index contributed by atoms with van der Waals surface area (Å²) in [6.07, 6.45) is -0.304. The first-order valence-corrected chi connectivity index (χ1v) is 10.9. The third-order valence-electron chi connectivity index (χ3n) is 5.47. The number of hydrogen-bond acceptors (Lipinski definition) is 4. The maximum Gasteiger partial charge on any atom is 0.416 e. The lowest BCUT2D eigenvalue weighted by Gasteiger charge is -2.37. The van der Waals surface area contributed by atoms with E-state index in [9.17, 15) is 18.0 Å². The minimum atomic E-state index is -4.41. The van der Waals surface area contributed by atoms with Gasteiger partial charge in [-0.05, 0) is 48.2 Å². The molecule has 3 rings (SSSR count). The van der Waals surface area contributed by atoms with E-state index in [4.69, 9.17) is 4.74 Å². The highest BCUT2D eigenvalue weighted by atomic mass is 19.4. The standard InChI is InChI=1S/C24H30F3N3O2/c1-17(2)12-29-23(31)20-10-19(14-30(15-20)13-18-6-8-28-9-7-18)16-32-22-5-3-4-21(11-22)24(25,26)27/h3-9,11,17,19-20H,10,12-16H2,1-2H3,(H,29,31)/t19-,20+/m0/s1. The van der Waals surface area contributed by atoms with E-state index in [0.717, 1.165) is 17.7 Å². The van der Waals surface area contributed by atoms with E-state index in [1.165, 1.54) is 12.1 Å². The molecule has 1 fully saturated rings. The van der Waals surface area contributed by atoms with Crippen LogP contribution in [0.25, 0.3) is 0 Å². The fourth-order valence-corrected chi connectivity index (χ4v) is 3.91. The summed E-state index contributed by atoms with van der Waals surface area (Å²) in [6, 6.07) is 8.80. The molecule has 1 aliphatic rings. The Morgan fingerprint density at radius 2 is 1.97 bits per heavy atom. The number of piperidine rings is 1. The summed E-state index contributed by atoms with van der Waals surface area (Å²) in [5.41, 5.74) is 0.365. The number of hydrogen-bond donors (Lipinski definition) is 1. The number of likely N-dealkylation sites (tertiary alicyclic amines) is 1. The minimum absolute atomic E-state index is 0.0159. The third kappa shape index (κ3) is 7.22. The lowest BCUT2D eigenvalue weighted by atomic mass is 9.88. The number of pyridine rings is 1. The van der Waals surface area contributed by atoms with Gasteiger partial charge in [0, 0.05) is 44.5 Å². The molecule has 2 atom stereocenters. The van der Waals surface area contributed by atoms with E-state index in [-0.39, 0.29) is 30.1 Å². The van der Waals surface area contributed by atoms with Crippen LogP contribution in [0.5, 0.6) is 5.75 Å². The molecule has 0 unspecified atom stereocenters. The zero-order valence-electron chi connectivity index (χ0n) is 18.4. The lowest BCUT2D eigenvalue weighted by molar-refractivity contribution is -0.137. The van der Waals surface area contributed by atoms with E-state index < -0.39 is 11.7 Å². The van der Waals surface area contributed by atoms with Crippen molar-refractivity contribution < 1.29 is 22.7 Å². The summed E-state index contributed by atoms with van der Waals surface area (Å²) in [5.74, 6) is 0.388. The predicted octanol–water partition coefficient (Wildman–Crippen LogP) is 4.39. The van der Waals surface area contributed by atoms with E-state index in [2.05, 4.69) is 15.2 Å². The summed E-state index contributed by atoms with van der Waals surface area (Å²) in [5, 5.41) is 3.01. The molecule has 0 saturated carbocycles. The molecule has 1 saturated heterocycles. The van der Waals surface area contributed by atoms with Crippen LogP contribution in [-0.4, -0.2) is 42.0 Å². The molecular weight excluding hydrogens is 419 g/mol. The number of alkyl halides is 3. The van der Waals surface area contributed by atoms with Crippen molar-refractivity contribution in [2.24, 2.45) is 17.8 Å². The first-order chi connectivity index (χ1) is 15.2. The molecule has 1 aromatic heterocycles. The van der Waals surface area contributed by atoms with Gasteiger partial charge < -0.3 is 10.1 Å². The first-order valence-electron chi connectivity index (χ1n) is 10.9. The zero-order chi connectivity index (χ0) is 23.1. The average Bonchev–Trinajstić information content (AvgIpc) is 2.76. The van der Waals surface area contributed by atoms with Crippen LogP contribution in [0.3, 0.4) is 0 Å². The first kappa shape index (κ1) is 24.0. The van der Waals surface area contributed by atoms with Gasteiger partial charge in [0.25, 0.3) is 0 Å². The van der Waals surface area contributed by atoms with Crippen molar-refractivity contribution in [3.8, 4) is 5.75 Å². The minimum Gasteiger partial charge on any atom is -0.493 e. The van der Waals surface area contributed by atoms with Gasteiger partial charge in [-0.3, -0.25) is 14.7 Å². The van der Waals surface area contributed by atoms with Crippen molar-refractivity contribution in [3.63, 3.8) is 0 Å². The molecular formula is C24H30F3N3O2. The molecule has 8 heteroatoms. The van der Waals surface area contributed by atoms with Gasteiger partial charge in [-0.1, -0.05) is 19.9 Å². The van der Waals surface area contributed by atoms with Crippen molar-refractivity contribution >= 4 is 5.91 Å². The van der Waals surface area contributed by atoms with Crippen molar-refractivity contribution in [1.29, 1.82) is 0 Å². The fourth-order valence-electron chi connectivity index (χ4n) is 3.91. The van der Waals surface area contributed by atoms with Gasteiger partial charge >= 0.3 is 6.18 Å². The van der Waals surface area contributed by atoms with Crippen LogP contribution in [0, 0.1) is 17.8 Å². The molecule has 1 N–H and O–H groups in total. The highest BCUT2D eigenvalue weighted by Crippen LogP contribution is 2.32. The van der Waals surface area contributed by atoms with E-state index >= 15 is 0 Å². The van der Waals surface area contributed by atoms with Gasteiger partial charge in [-0.25, -0.2) is 0 Å². The smallest absolute Gasteiger partial charge is 0.416 e. The van der Waals surface area contributed by atoms with Crippen LogP contribution in [0.2, 0.25) is 0 Å². The van der Waals surface area contributed by atoms with Crippen molar-refractivity contribution in [1.82, 2.24) is 15.2 Å². The van der Waals surface area contributed by atoms with E-state index in [0.29, 0.717) is 38.5 Å². The second-order valence-electron chi connectivity index (χ2n) is 8.82. The number of nitrogens with zero attached hydrogens (tertiary/aromatic N) is 2. The monoisotopic (exact) mass is 449 g/mol. The number of nitrogens with one attached hydrogen (secondary N) is 1. The maximum atomic E-state index is 13.0. The molecule has 0 aliphatic carbocycles. The Morgan fingerprint density at radius 3 is 2.66 bits per heavy atom. The quantitative estimate of drug-likeness (QED) is 0.650. The van der Waals surface area contributed by atoms with E-state index in [1.54, 1.807) is 12.4 Å². The number of rotatable bonds is 8. The summed E-state index contributed by atoms with van der Waals surface area (Å²) in [7, 11) is 0. The Hall–Kier alpha value is -2.61. The van der Waals surface area contributed by atoms with Gasteiger partial charge in [-0.2, -0.15) is 13.2 Å². The molecule has 0 radical (unpaired) electrons. The Bertz CT molecular complexity index is 874. The molecule has 0 spiro atoms. The molecule has 2 aromatic rings. The molecule has 1 aliphatic heterocycles. The molecule has 5 nitrogen and oxygen atoms in total. The number of halogens is 3. The van der Waals surface area contributed by atoms with Gasteiger partial charge in [-0.15, -0.1) is 0 Å². The topological polar surface area (TPSA) is 54.5 Å². The van der Waals surface area contributed by atoms with Crippen molar-refractivity contribution in [2.45, 2.75) is 33.0 Å². The highest BCUT2D eigenvalue weighted by Gasteiger charge is 2.33. The average molecular weight is 450 g/mol. The Kier molecular flexibility index (Phi) is 8.12. The zero-order valence-corrected chi connectivity index (χ0v) is 18.4. The largest absolute Gasteiger partial charge is 0.493 e. The fraction of sp³-hybridized carbons (Fsp3) is 0.500. The second kappa shape index (κ2) is 10.8. The third-order valence-corrected chi connectivity index (χ3v) is 5.47. The normalized spacial score (nSPS) is 19.7. The summed E-state index contributed by atoms with van der Waals surface area (Å²) >= 11 is 0. The van der Waals surface area contributed by atoms with Crippen LogP contribution in [-0.2, 0) is 17.5 Å². The molecule has 1 aromatic carbocycles. The molecule has 174 valence electrons. The van der Waals surface area contributed by atoms with Crippen LogP contribution >= 0.6 is 0 Å². The molecule has 1 amide bonds. The van der Waals surface area contributed by atoms with Crippen LogP contribution < -0.4 is 10.1 Å². The summed E-state index contributed by atoms with van der Waals surface area (Å²) < 4.78 is 44.7. The Morgan fingerprint density at radius 1 is 1.22 bits per heavy atom. The number of aromatic nitrogens is 1. The molecule has 0 bridgehead atoms. The lowest BCUT2D eigenvalue weighted by Crippen LogP contribution is -2.47. The van der Waals surface area contributed by atoms with Crippen LogP contribution in [0.1, 0.15) is 31.4 Å². The summed E-state index contributed by atoms with van der Waals surface area (Å²) in [4.78, 5) is 19.0. The predicted molar refractivity (Wildman–Crippen MR) is 116 cm³/mol. The van der Waals surface area contributed by atoms with Gasteiger partial charge in [0.2, 0.25) is 5.91 Å². The molecule has 2 heterocycles. The summed E-state index contributed by atoms with van der Waals surface area (Å²) in [6.45, 7) is 6.97. The van der Waals surface area contributed by atoms with Gasteiger partial charge in [0.05, 0.1) is 18.1 Å². The number of amides is 1. The number of ether oxygens (including phenoxy) is 1. The van der Waals surface area contributed by atoms with Crippen molar-refractivity contribution in [3.05, 3.63) is 59.9 Å². The second-order valence-corrected chi connectivity index (χ2v) is 8.82. The van der Waals surface area contributed by atoms with Crippen LogP contribution in [0.4, 0.5) is 13.2 Å². The van der Waals surface area contributed by atoms with Crippen LogP contribution in [0.15, 0.2) is 48.8 Å². The number of carbonyl (C=O) groups excluding carboxylic acids is 1. The van der Waals surface area contributed by atoms with Crippen molar-refractivity contribution in [2.75, 3.05) is 26.2 Å². The molecule has 32 heavy (non-hydrogen) atoms. The number of carbonyl (C=O) groups is 1. The Balaban J connectivity index is 1.66. The highest BCUT2D eigenvalue weighted by molar-refractivity contribution is 5.79. The van der Waals surface area contributed by atoms with Gasteiger partial charge in [0.1, 0.15) is 5.75 Å². The number of benzene rings is 1. The maximum absolute atomic E-state index is 13.0. The SMILES string of the molecule is CC(C)CNC(=O)[C@@H]1C[C@H](COc2cccc(C(F)(F)F)c2)CN(Cc2ccncc2)C1. The van der Waals surface area contributed by atoms with E-state index in [1.807, 2.05) is 26.0 Å². The van der Waals surface area contributed by atoms with Gasteiger partial charge in [0.15, 0.2) is 0 Å². The Labute approximate surface area is 187 Å².